The Hall–Kier alpha value is -0.790. The lowest BCUT2D eigenvalue weighted by Gasteiger charge is -2.09. The van der Waals surface area contributed by atoms with Gasteiger partial charge in [0.15, 0.2) is 0 Å². The number of hydrogen-bond donors (Lipinski definition) is 1. The number of benzene rings is 1. The van der Waals surface area contributed by atoms with Crippen LogP contribution in [0.25, 0.3) is 10.9 Å². The lowest BCUT2D eigenvalue weighted by molar-refractivity contribution is 0.0699. The average Bonchev–Trinajstić information content (AvgIpc) is 2.30. The van der Waals surface area contributed by atoms with Crippen molar-refractivity contribution in [1.29, 1.82) is 0 Å². The first-order valence-corrected chi connectivity index (χ1v) is 6.54. The molecule has 7 heteroatoms. The molecule has 0 saturated carbocycles. The molecule has 4 nitrogen and oxygen atoms in total. The highest BCUT2D eigenvalue weighted by molar-refractivity contribution is 14.1. The van der Waals surface area contributed by atoms with E-state index in [0.29, 0.717) is 16.7 Å². The molecule has 0 atom stereocenters. The molecular weight excluding hydrogens is 392 g/mol. The first-order chi connectivity index (χ1) is 8.45. The number of ether oxygens (including phenoxy) is 1. The van der Waals surface area contributed by atoms with Gasteiger partial charge in [0.1, 0.15) is 10.9 Å². The van der Waals surface area contributed by atoms with E-state index in [1.54, 1.807) is 12.1 Å². The smallest absolute Gasteiger partial charge is 0.338 e. The summed E-state index contributed by atoms with van der Waals surface area (Å²) in [6, 6.07) is 3.29. The van der Waals surface area contributed by atoms with Gasteiger partial charge < -0.3 is 9.84 Å². The second kappa shape index (κ2) is 5.07. The van der Waals surface area contributed by atoms with Gasteiger partial charge in [-0.15, -0.1) is 0 Å². The number of fused-ring (bicyclic) bond motifs is 1. The Morgan fingerprint density at radius 1 is 1.44 bits per heavy atom. The van der Waals surface area contributed by atoms with Crippen LogP contribution in [0.2, 0.25) is 10.2 Å². The largest absolute Gasteiger partial charge is 0.496 e. The van der Waals surface area contributed by atoms with Crippen molar-refractivity contribution in [3.05, 3.63) is 31.4 Å². The van der Waals surface area contributed by atoms with Gasteiger partial charge in [0.25, 0.3) is 0 Å². The molecule has 0 spiro atoms. The van der Waals surface area contributed by atoms with Gasteiger partial charge in [-0.25, -0.2) is 9.78 Å². The van der Waals surface area contributed by atoms with Crippen molar-refractivity contribution in [2.45, 2.75) is 0 Å². The minimum absolute atomic E-state index is 0.0254. The molecule has 0 aliphatic heterocycles. The maximum atomic E-state index is 11.3. The Labute approximate surface area is 126 Å². The Bertz CT molecular complexity index is 661. The Balaban J connectivity index is 2.94. The molecule has 0 saturated heterocycles. The van der Waals surface area contributed by atoms with Gasteiger partial charge in [-0.3, -0.25) is 0 Å². The summed E-state index contributed by atoms with van der Waals surface area (Å²) in [6.07, 6.45) is 0. The van der Waals surface area contributed by atoms with Gasteiger partial charge >= 0.3 is 5.97 Å². The second-order valence-corrected chi connectivity index (χ2v) is 5.30. The number of methoxy groups -OCH3 is 1. The van der Waals surface area contributed by atoms with E-state index in [9.17, 15) is 9.90 Å². The van der Waals surface area contributed by atoms with Crippen LogP contribution in [-0.4, -0.2) is 23.2 Å². The maximum Gasteiger partial charge on any atom is 0.338 e. The molecule has 94 valence electrons. The minimum Gasteiger partial charge on any atom is -0.496 e. The predicted octanol–water partition coefficient (Wildman–Crippen LogP) is 3.85. The summed E-state index contributed by atoms with van der Waals surface area (Å²) in [7, 11) is 1.51. The number of halogens is 3. The zero-order chi connectivity index (χ0) is 13.4. The SMILES string of the molecule is COc1cc2c(C(=O)O)c(Cl)c(Cl)nc2cc1I. The standard InChI is InChI=1S/C11H6Cl2INO3/c1-18-7-2-4-6(3-5(7)14)15-10(13)9(12)8(4)11(16)17/h2-3H,1H3,(H,16,17). The number of aromatic carboxylic acids is 1. The fraction of sp³-hybridized carbons (Fsp3) is 0.0909. The van der Waals surface area contributed by atoms with Gasteiger partial charge in [-0.05, 0) is 34.7 Å². The molecule has 1 aromatic carbocycles. The van der Waals surface area contributed by atoms with E-state index in [1.165, 1.54) is 7.11 Å². The van der Waals surface area contributed by atoms with Crippen LogP contribution in [0.3, 0.4) is 0 Å². The van der Waals surface area contributed by atoms with E-state index < -0.39 is 5.97 Å². The van der Waals surface area contributed by atoms with Gasteiger partial charge in [0.2, 0.25) is 0 Å². The first-order valence-electron chi connectivity index (χ1n) is 4.71. The number of rotatable bonds is 2. The predicted molar refractivity (Wildman–Crippen MR) is 78.0 cm³/mol. The van der Waals surface area contributed by atoms with Crippen LogP contribution < -0.4 is 4.74 Å². The van der Waals surface area contributed by atoms with Gasteiger partial charge in [0.05, 0.1) is 26.8 Å². The van der Waals surface area contributed by atoms with E-state index in [1.807, 2.05) is 0 Å². The highest BCUT2D eigenvalue weighted by Gasteiger charge is 2.19. The van der Waals surface area contributed by atoms with Crippen LogP contribution in [0.5, 0.6) is 5.75 Å². The lowest BCUT2D eigenvalue weighted by atomic mass is 10.1. The van der Waals surface area contributed by atoms with E-state index >= 15 is 0 Å². The molecule has 2 aromatic rings. The molecule has 0 aliphatic carbocycles. The summed E-state index contributed by atoms with van der Waals surface area (Å²) >= 11 is 13.8. The van der Waals surface area contributed by atoms with E-state index in [-0.39, 0.29) is 15.7 Å². The van der Waals surface area contributed by atoms with Gasteiger partial charge in [-0.2, -0.15) is 0 Å². The Kier molecular flexibility index (Phi) is 3.84. The summed E-state index contributed by atoms with van der Waals surface area (Å²) in [5, 5.41) is 9.51. The van der Waals surface area contributed by atoms with Crippen LogP contribution in [-0.2, 0) is 0 Å². The number of carboxylic acids is 1. The van der Waals surface area contributed by atoms with Crippen molar-refractivity contribution < 1.29 is 14.6 Å². The zero-order valence-electron chi connectivity index (χ0n) is 9.00. The monoisotopic (exact) mass is 397 g/mol. The summed E-state index contributed by atoms with van der Waals surface area (Å²) in [6.45, 7) is 0. The molecule has 0 aliphatic rings. The summed E-state index contributed by atoms with van der Waals surface area (Å²) < 4.78 is 5.96. The number of aromatic nitrogens is 1. The van der Waals surface area contributed by atoms with E-state index in [2.05, 4.69) is 27.6 Å². The quantitative estimate of drug-likeness (QED) is 0.617. The third-order valence-corrected chi connectivity index (χ3v) is 3.95. The zero-order valence-corrected chi connectivity index (χ0v) is 12.7. The maximum absolute atomic E-state index is 11.3. The normalized spacial score (nSPS) is 10.7. The molecule has 1 N–H and O–H groups in total. The molecule has 0 bridgehead atoms. The third kappa shape index (κ3) is 2.22. The molecule has 0 fully saturated rings. The van der Waals surface area contributed by atoms with Crippen LogP contribution in [0, 0.1) is 3.57 Å². The van der Waals surface area contributed by atoms with E-state index in [0.717, 1.165) is 3.57 Å². The van der Waals surface area contributed by atoms with Gasteiger partial charge in [-0.1, -0.05) is 23.2 Å². The van der Waals surface area contributed by atoms with Crippen molar-refractivity contribution in [3.8, 4) is 5.75 Å². The van der Waals surface area contributed by atoms with Crippen molar-refractivity contribution >= 4 is 62.7 Å². The summed E-state index contributed by atoms with van der Waals surface area (Å²) in [4.78, 5) is 15.3. The lowest BCUT2D eigenvalue weighted by Crippen LogP contribution is -2.02. The van der Waals surface area contributed by atoms with Crippen molar-refractivity contribution in [1.82, 2.24) is 4.98 Å². The number of hydrogen-bond acceptors (Lipinski definition) is 3. The van der Waals surface area contributed by atoms with Crippen LogP contribution in [0.15, 0.2) is 12.1 Å². The molecule has 1 heterocycles. The summed E-state index contributed by atoms with van der Waals surface area (Å²) in [5.74, 6) is -0.594. The molecule has 0 amide bonds. The molecule has 1 aromatic heterocycles. The van der Waals surface area contributed by atoms with Crippen molar-refractivity contribution in [3.63, 3.8) is 0 Å². The van der Waals surface area contributed by atoms with E-state index in [4.69, 9.17) is 27.9 Å². The fourth-order valence-electron chi connectivity index (χ4n) is 1.58. The van der Waals surface area contributed by atoms with Crippen LogP contribution in [0.4, 0.5) is 0 Å². The molecule has 0 radical (unpaired) electrons. The number of pyridine rings is 1. The fourth-order valence-corrected chi connectivity index (χ4v) is 2.66. The molecule has 18 heavy (non-hydrogen) atoms. The van der Waals surface area contributed by atoms with Crippen molar-refractivity contribution in [2.75, 3.05) is 7.11 Å². The summed E-state index contributed by atoms with van der Waals surface area (Å²) in [5.41, 5.74) is 0.397. The van der Waals surface area contributed by atoms with Crippen LogP contribution >= 0.6 is 45.8 Å². The van der Waals surface area contributed by atoms with Crippen molar-refractivity contribution in [2.24, 2.45) is 0 Å². The highest BCUT2D eigenvalue weighted by atomic mass is 127. The molecule has 2 rings (SSSR count). The average molecular weight is 398 g/mol. The Morgan fingerprint density at radius 2 is 2.11 bits per heavy atom. The number of carboxylic acid groups (broad SMARTS) is 1. The highest BCUT2D eigenvalue weighted by Crippen LogP contribution is 2.34. The Morgan fingerprint density at radius 3 is 2.67 bits per heavy atom. The van der Waals surface area contributed by atoms with Crippen LogP contribution in [0.1, 0.15) is 10.4 Å². The van der Waals surface area contributed by atoms with Gasteiger partial charge in [0, 0.05) is 5.39 Å². The topological polar surface area (TPSA) is 59.4 Å². The number of carbonyl (C=O) groups is 1. The molecule has 0 unspecified atom stereocenters. The molecular formula is C11H6Cl2INO3. The second-order valence-electron chi connectivity index (χ2n) is 3.40. The third-order valence-electron chi connectivity index (χ3n) is 2.37. The number of nitrogens with zero attached hydrogens (tertiary/aromatic N) is 1. The first kappa shape index (κ1) is 13.6. The minimum atomic E-state index is -1.16.